The number of halogens is 2. The van der Waals surface area contributed by atoms with Gasteiger partial charge < -0.3 is 10.6 Å². The maximum Gasteiger partial charge on any atom is 0.239 e. The van der Waals surface area contributed by atoms with Gasteiger partial charge in [-0.15, -0.1) is 0 Å². The molecule has 1 fully saturated rings. The molecule has 1 aromatic rings. The van der Waals surface area contributed by atoms with Crippen molar-refractivity contribution < 1.29 is 13.6 Å². The second-order valence-electron chi connectivity index (χ2n) is 4.12. The third-order valence-electron chi connectivity index (χ3n) is 2.54. The maximum atomic E-state index is 13.4. The van der Waals surface area contributed by atoms with Crippen molar-refractivity contribution in [1.82, 2.24) is 5.32 Å². The molecule has 94 valence electrons. The number of nitriles is 1. The number of amides is 1. The van der Waals surface area contributed by atoms with Crippen molar-refractivity contribution in [2.24, 2.45) is 0 Å². The van der Waals surface area contributed by atoms with Gasteiger partial charge in [-0.3, -0.25) is 4.79 Å². The summed E-state index contributed by atoms with van der Waals surface area (Å²) < 4.78 is 26.9. The molecule has 2 rings (SSSR count). The van der Waals surface area contributed by atoms with E-state index >= 15 is 0 Å². The summed E-state index contributed by atoms with van der Waals surface area (Å²) in [5.74, 6) is -2.07. The average molecular weight is 251 g/mol. The topological polar surface area (TPSA) is 64.9 Å². The molecule has 1 saturated carbocycles. The molecule has 0 bridgehead atoms. The Hall–Kier alpha value is -2.16. The lowest BCUT2D eigenvalue weighted by molar-refractivity contribution is -0.119. The van der Waals surface area contributed by atoms with E-state index in [-0.39, 0.29) is 29.7 Å². The maximum absolute atomic E-state index is 13.4. The molecule has 0 unspecified atom stereocenters. The number of nitrogens with zero attached hydrogens (tertiary/aromatic N) is 1. The molecule has 1 aliphatic rings. The van der Waals surface area contributed by atoms with E-state index in [4.69, 9.17) is 5.26 Å². The highest BCUT2D eigenvalue weighted by atomic mass is 19.1. The van der Waals surface area contributed by atoms with Gasteiger partial charge in [0.1, 0.15) is 5.69 Å². The monoisotopic (exact) mass is 251 g/mol. The van der Waals surface area contributed by atoms with Crippen molar-refractivity contribution >= 4 is 11.6 Å². The second kappa shape index (κ2) is 5.00. The van der Waals surface area contributed by atoms with E-state index in [0.717, 1.165) is 25.0 Å². The lowest BCUT2D eigenvalue weighted by atomic mass is 10.2. The van der Waals surface area contributed by atoms with E-state index in [0.29, 0.717) is 0 Å². The number of carbonyl (C=O) groups is 1. The molecule has 6 heteroatoms. The lowest BCUT2D eigenvalue weighted by Gasteiger charge is -2.09. The molecule has 0 aliphatic heterocycles. The third-order valence-corrected chi connectivity index (χ3v) is 2.54. The van der Waals surface area contributed by atoms with Crippen LogP contribution in [0.5, 0.6) is 0 Å². The van der Waals surface area contributed by atoms with Crippen LogP contribution in [-0.2, 0) is 4.79 Å². The van der Waals surface area contributed by atoms with Gasteiger partial charge in [0.05, 0.1) is 18.2 Å². The molecular weight excluding hydrogens is 240 g/mol. The average Bonchev–Trinajstić information content (AvgIpc) is 3.11. The minimum absolute atomic E-state index is 0.0991. The first-order chi connectivity index (χ1) is 8.60. The van der Waals surface area contributed by atoms with E-state index in [1.54, 1.807) is 6.07 Å². The highest BCUT2D eigenvalue weighted by Crippen LogP contribution is 2.21. The predicted octanol–water partition coefficient (Wildman–Crippen LogP) is 1.53. The lowest BCUT2D eigenvalue weighted by Crippen LogP contribution is -2.31. The Morgan fingerprint density at radius 1 is 1.39 bits per heavy atom. The Kier molecular flexibility index (Phi) is 3.42. The zero-order valence-electron chi connectivity index (χ0n) is 9.46. The van der Waals surface area contributed by atoms with Gasteiger partial charge in [-0.25, -0.2) is 8.78 Å². The van der Waals surface area contributed by atoms with Gasteiger partial charge in [0.25, 0.3) is 0 Å². The predicted molar refractivity (Wildman–Crippen MR) is 60.7 cm³/mol. The minimum atomic E-state index is -0.884. The Morgan fingerprint density at radius 3 is 2.50 bits per heavy atom. The van der Waals surface area contributed by atoms with Gasteiger partial charge in [-0.1, -0.05) is 0 Å². The number of carbonyl (C=O) groups excluding carboxylic acids is 1. The molecule has 0 radical (unpaired) electrons. The first kappa shape index (κ1) is 12.3. The van der Waals surface area contributed by atoms with Crippen LogP contribution in [0.3, 0.4) is 0 Å². The molecule has 1 aliphatic carbocycles. The second-order valence-corrected chi connectivity index (χ2v) is 4.12. The minimum Gasteiger partial charge on any atom is -0.371 e. The molecule has 1 aromatic carbocycles. The van der Waals surface area contributed by atoms with Crippen LogP contribution in [0.1, 0.15) is 18.4 Å². The third kappa shape index (κ3) is 2.94. The molecular formula is C12H11F2N3O. The normalized spacial score (nSPS) is 13.8. The van der Waals surface area contributed by atoms with Gasteiger partial charge in [0.2, 0.25) is 5.91 Å². The van der Waals surface area contributed by atoms with Gasteiger partial charge in [0.15, 0.2) is 11.6 Å². The number of nitrogens with one attached hydrogen (secondary N) is 2. The van der Waals surface area contributed by atoms with Crippen molar-refractivity contribution in [3.63, 3.8) is 0 Å². The zero-order chi connectivity index (χ0) is 13.1. The first-order valence-corrected chi connectivity index (χ1v) is 5.52. The van der Waals surface area contributed by atoms with E-state index in [9.17, 15) is 13.6 Å². The smallest absolute Gasteiger partial charge is 0.239 e. The largest absolute Gasteiger partial charge is 0.371 e. The van der Waals surface area contributed by atoms with Crippen molar-refractivity contribution in [3.05, 3.63) is 29.3 Å². The standard InChI is InChI=1S/C12H11F2N3O/c13-9-3-7(5-15)4-10(14)12(9)16-6-11(18)17-8-1-2-8/h3-4,8,16H,1-2,6H2,(H,17,18). The summed E-state index contributed by atoms with van der Waals surface area (Å²) in [6.07, 6.45) is 1.90. The number of anilines is 1. The van der Waals surface area contributed by atoms with Crippen LogP contribution >= 0.6 is 0 Å². The van der Waals surface area contributed by atoms with Crippen LogP contribution in [0.15, 0.2) is 12.1 Å². The molecule has 1 amide bonds. The fraction of sp³-hybridized carbons (Fsp3) is 0.333. The van der Waals surface area contributed by atoms with Crippen LogP contribution in [0.2, 0.25) is 0 Å². The van der Waals surface area contributed by atoms with E-state index < -0.39 is 11.6 Å². The summed E-state index contributed by atoms with van der Waals surface area (Å²) in [5, 5.41) is 13.6. The van der Waals surface area contributed by atoms with E-state index in [1.165, 1.54) is 0 Å². The number of benzene rings is 1. The first-order valence-electron chi connectivity index (χ1n) is 5.52. The summed E-state index contributed by atoms with van der Waals surface area (Å²) in [6.45, 7) is -0.198. The Labute approximate surface area is 103 Å². The molecule has 2 N–H and O–H groups in total. The zero-order valence-corrected chi connectivity index (χ0v) is 9.46. The van der Waals surface area contributed by atoms with Gasteiger partial charge >= 0.3 is 0 Å². The van der Waals surface area contributed by atoms with Crippen molar-refractivity contribution in [2.75, 3.05) is 11.9 Å². The Balaban J connectivity index is 2.00. The molecule has 0 heterocycles. The Bertz CT molecular complexity index is 498. The van der Waals surface area contributed by atoms with E-state index in [1.807, 2.05) is 0 Å². The molecule has 18 heavy (non-hydrogen) atoms. The van der Waals surface area contributed by atoms with Crippen LogP contribution in [0, 0.1) is 23.0 Å². The molecule has 0 saturated heterocycles. The molecule has 0 spiro atoms. The van der Waals surface area contributed by atoms with Crippen LogP contribution < -0.4 is 10.6 Å². The van der Waals surface area contributed by atoms with Gasteiger partial charge in [0, 0.05) is 6.04 Å². The molecule has 0 atom stereocenters. The SMILES string of the molecule is N#Cc1cc(F)c(NCC(=O)NC2CC2)c(F)c1. The highest BCUT2D eigenvalue weighted by Gasteiger charge is 2.23. The summed E-state index contributed by atoms with van der Waals surface area (Å²) in [4.78, 5) is 11.3. The number of hydrogen-bond acceptors (Lipinski definition) is 3. The van der Waals surface area contributed by atoms with Crippen LogP contribution in [0.25, 0.3) is 0 Å². The quantitative estimate of drug-likeness (QED) is 0.852. The van der Waals surface area contributed by atoms with Gasteiger partial charge in [-0.2, -0.15) is 5.26 Å². The molecule has 4 nitrogen and oxygen atoms in total. The fourth-order valence-electron chi connectivity index (χ4n) is 1.48. The van der Waals surface area contributed by atoms with Crippen LogP contribution in [-0.4, -0.2) is 18.5 Å². The number of rotatable bonds is 4. The fourth-order valence-corrected chi connectivity index (χ4v) is 1.48. The summed E-state index contributed by atoms with van der Waals surface area (Å²) in [7, 11) is 0. The van der Waals surface area contributed by atoms with E-state index in [2.05, 4.69) is 10.6 Å². The summed E-state index contributed by atoms with van der Waals surface area (Å²) in [6, 6.07) is 3.69. The van der Waals surface area contributed by atoms with Crippen molar-refractivity contribution in [2.45, 2.75) is 18.9 Å². The van der Waals surface area contributed by atoms with Crippen molar-refractivity contribution in [1.29, 1.82) is 5.26 Å². The summed E-state index contributed by atoms with van der Waals surface area (Å²) >= 11 is 0. The van der Waals surface area contributed by atoms with Crippen molar-refractivity contribution in [3.8, 4) is 6.07 Å². The summed E-state index contributed by atoms with van der Waals surface area (Å²) in [5.41, 5.74) is -0.488. The number of hydrogen-bond donors (Lipinski definition) is 2. The Morgan fingerprint density at radius 2 is 2.00 bits per heavy atom. The van der Waals surface area contributed by atoms with Gasteiger partial charge in [-0.05, 0) is 25.0 Å². The van der Waals surface area contributed by atoms with Crippen LogP contribution in [0.4, 0.5) is 14.5 Å². The highest BCUT2D eigenvalue weighted by molar-refractivity contribution is 5.81. The molecule has 0 aromatic heterocycles.